The van der Waals surface area contributed by atoms with E-state index in [1.807, 2.05) is 60.5 Å². The number of esters is 1. The molecule has 0 radical (unpaired) electrons. The van der Waals surface area contributed by atoms with Crippen LogP contribution in [0.15, 0.2) is 96.1 Å². The van der Waals surface area contributed by atoms with Gasteiger partial charge in [-0.2, -0.15) is 0 Å². The summed E-state index contributed by atoms with van der Waals surface area (Å²) in [6.45, 7) is 31.6. The van der Waals surface area contributed by atoms with Crippen LogP contribution in [-0.2, 0) is 58.8 Å². The van der Waals surface area contributed by atoms with Crippen molar-refractivity contribution >= 4 is 21.9 Å². The first-order valence-corrected chi connectivity index (χ1v) is 16.4. The zero-order valence-electron chi connectivity index (χ0n) is 28.9. The van der Waals surface area contributed by atoms with E-state index < -0.39 is 5.97 Å². The van der Waals surface area contributed by atoms with Gasteiger partial charge in [-0.05, 0) is 0 Å². The van der Waals surface area contributed by atoms with Crippen molar-refractivity contribution in [2.24, 2.45) is 16.9 Å². The average Bonchev–Trinajstić information content (AvgIpc) is 3.61. The van der Waals surface area contributed by atoms with Crippen molar-refractivity contribution in [2.75, 3.05) is 11.6 Å². The van der Waals surface area contributed by atoms with Crippen molar-refractivity contribution in [3.05, 3.63) is 135 Å². The van der Waals surface area contributed by atoms with E-state index in [9.17, 15) is 4.79 Å². The van der Waals surface area contributed by atoms with Crippen LogP contribution in [0.5, 0.6) is 0 Å². The van der Waals surface area contributed by atoms with Crippen LogP contribution in [0.1, 0.15) is 64.0 Å². The molecule has 264 valence electrons. The molecule has 10 nitrogen and oxygen atoms in total. The van der Waals surface area contributed by atoms with Crippen LogP contribution in [0.3, 0.4) is 0 Å². The Hall–Kier alpha value is -4.34. The van der Waals surface area contributed by atoms with Gasteiger partial charge < -0.3 is 0 Å². The molecule has 3 aromatic carbocycles. The number of benzene rings is 3. The zero-order valence-corrected chi connectivity index (χ0v) is 30.2. The maximum atomic E-state index is 13.3. The van der Waals surface area contributed by atoms with Gasteiger partial charge in [-0.15, -0.1) is 0 Å². The Bertz CT molecular complexity index is 1570. The number of ether oxygens (including phenoxy) is 2. The SMILES string of the molecule is CCOC(=O)C1=NN(c2ccccc2)[C@H]([C](=[Cr])O[C@@H]2C[C@H](C)CC[C@H]2C(C)(C)c2ccccc2)[C@H]1c1ccccc1.[C-]#[O+].[C-]#[O+].[C-]#[O+].[C-]#[O+].[C-]#[O+]. The molecule has 3 aromatic rings. The van der Waals surface area contributed by atoms with E-state index in [-0.39, 0.29) is 30.1 Å². The summed E-state index contributed by atoms with van der Waals surface area (Å²) < 4.78 is 50.8. The summed E-state index contributed by atoms with van der Waals surface area (Å²) in [6.07, 6.45) is 3.28. The molecule has 0 N–H and O–H groups in total. The average molecular weight is 729 g/mol. The Morgan fingerprint density at radius 2 is 1.31 bits per heavy atom. The van der Waals surface area contributed by atoms with Gasteiger partial charge in [0.25, 0.3) is 0 Å². The van der Waals surface area contributed by atoms with Crippen LogP contribution in [0.25, 0.3) is 0 Å². The molecule has 1 heterocycles. The van der Waals surface area contributed by atoms with Crippen LogP contribution in [0, 0.1) is 45.1 Å². The topological polar surface area (TPSA) is 151 Å². The number of hydrogen-bond acceptors (Lipinski definition) is 5. The Morgan fingerprint density at radius 1 is 0.824 bits per heavy atom. The van der Waals surface area contributed by atoms with E-state index in [1.54, 1.807) is 0 Å². The number of hydrazone groups is 1. The molecule has 0 saturated heterocycles. The minimum atomic E-state index is -0.396. The molecular weight excluding hydrogens is 688 g/mol. The van der Waals surface area contributed by atoms with Crippen molar-refractivity contribution in [2.45, 2.75) is 70.4 Å². The summed E-state index contributed by atoms with van der Waals surface area (Å²) in [5.41, 5.74) is 3.55. The first kappa shape index (κ1) is 46.7. The third-order valence-electron chi connectivity index (χ3n) is 8.76. The number of rotatable bonds is 9. The molecule has 11 heteroatoms. The van der Waals surface area contributed by atoms with Crippen LogP contribution in [0.2, 0.25) is 0 Å². The second kappa shape index (κ2) is 25.6. The van der Waals surface area contributed by atoms with Crippen molar-refractivity contribution in [1.29, 1.82) is 0 Å². The molecular formula is C40H40CrN2O8. The van der Waals surface area contributed by atoms with Gasteiger partial charge in [0.2, 0.25) is 0 Å². The van der Waals surface area contributed by atoms with Crippen molar-refractivity contribution in [3.63, 3.8) is 0 Å². The number of anilines is 1. The van der Waals surface area contributed by atoms with Gasteiger partial charge in [-0.25, -0.2) is 0 Å². The van der Waals surface area contributed by atoms with Crippen molar-refractivity contribution in [3.8, 4) is 0 Å². The number of nitrogens with zero attached hydrogens (tertiary/aromatic N) is 2. The van der Waals surface area contributed by atoms with Crippen molar-refractivity contribution in [1.82, 2.24) is 0 Å². The molecule has 1 aliphatic carbocycles. The molecule has 0 aromatic heterocycles. The van der Waals surface area contributed by atoms with Gasteiger partial charge in [0, 0.05) is 0 Å². The maximum absolute atomic E-state index is 13.3. The van der Waals surface area contributed by atoms with Crippen LogP contribution in [0.4, 0.5) is 5.69 Å². The Kier molecular flexibility index (Phi) is 23.4. The molecule has 5 atom stereocenters. The van der Waals surface area contributed by atoms with Gasteiger partial charge in [0.1, 0.15) is 0 Å². The Balaban J connectivity index is 0.00000230. The van der Waals surface area contributed by atoms with E-state index in [0.29, 0.717) is 17.5 Å². The molecule has 1 fully saturated rings. The molecule has 0 bridgehead atoms. The molecule has 51 heavy (non-hydrogen) atoms. The van der Waals surface area contributed by atoms with E-state index >= 15 is 0 Å². The molecule has 0 unspecified atom stereocenters. The van der Waals surface area contributed by atoms with Gasteiger partial charge >= 0.3 is 310 Å². The molecule has 1 aliphatic heterocycles. The molecule has 5 rings (SSSR count). The van der Waals surface area contributed by atoms with Gasteiger partial charge in [-0.3, -0.25) is 0 Å². The molecule has 2 aliphatic rings. The molecule has 0 spiro atoms. The third kappa shape index (κ3) is 12.4. The van der Waals surface area contributed by atoms with Crippen LogP contribution in [-0.4, -0.2) is 35.0 Å². The van der Waals surface area contributed by atoms with E-state index in [0.717, 1.165) is 28.7 Å². The summed E-state index contributed by atoms with van der Waals surface area (Å²) in [5.74, 6) is 0.151. The molecule has 0 amide bonds. The minimum absolute atomic E-state index is 0.0193. The summed E-state index contributed by atoms with van der Waals surface area (Å²) in [6, 6.07) is 30.5. The van der Waals surface area contributed by atoms with Crippen LogP contribution >= 0.6 is 0 Å². The predicted molar refractivity (Wildman–Crippen MR) is 181 cm³/mol. The summed E-state index contributed by atoms with van der Waals surface area (Å²) in [5, 5.41) is 6.85. The van der Waals surface area contributed by atoms with Crippen molar-refractivity contribution < 1.29 is 53.4 Å². The van der Waals surface area contributed by atoms with E-state index in [4.69, 9.17) is 37.8 Å². The Morgan fingerprint density at radius 3 is 1.82 bits per heavy atom. The van der Waals surface area contributed by atoms with Gasteiger partial charge in [0.15, 0.2) is 0 Å². The van der Waals surface area contributed by atoms with E-state index in [2.05, 4.69) is 112 Å². The first-order valence-electron chi connectivity index (χ1n) is 15.7. The van der Waals surface area contributed by atoms with E-state index in [1.165, 1.54) is 12.0 Å². The van der Waals surface area contributed by atoms with Gasteiger partial charge in [0.05, 0.1) is 0 Å². The predicted octanol–water partition coefficient (Wildman–Crippen LogP) is 6.87. The quantitative estimate of drug-likeness (QED) is 0.134. The van der Waals surface area contributed by atoms with Gasteiger partial charge in [-0.1, -0.05) is 0 Å². The number of para-hydroxylation sites is 1. The third-order valence-corrected chi connectivity index (χ3v) is 9.29. The molecule has 1 saturated carbocycles. The summed E-state index contributed by atoms with van der Waals surface area (Å²) >= 11 is 3.31. The fraction of sp³-hybridized carbons (Fsp3) is 0.350. The summed E-state index contributed by atoms with van der Waals surface area (Å²) in [7, 11) is 0. The number of carbonyl (C=O) groups is 1. The number of carbonyl (C=O) groups excluding carboxylic acids is 1. The fourth-order valence-corrected chi connectivity index (χ4v) is 7.09. The summed E-state index contributed by atoms with van der Waals surface area (Å²) in [4.78, 5) is 13.3. The normalized spacial score (nSPS) is 19.9. The number of hydrogen-bond donors (Lipinski definition) is 0. The first-order chi connectivity index (χ1) is 24.8. The Labute approximate surface area is 308 Å². The fourth-order valence-electron chi connectivity index (χ4n) is 6.52. The standard InChI is InChI=1S/C35H40N2O3.5CO.Cr/c1-5-39-34(38)33-32(26-15-9-6-10-16-26)30(37(36-33)28-19-13-8-14-20-28)24-40-31-23-25(2)21-22-29(31)35(3,4)27-17-11-7-12-18-27;5*1-2;/h6-20,25,29-32H,5,21-23H2,1-4H3;;;;;;/t25-,29-,30-,31-,32-;;;;;;/m1....../s1. The second-order valence-electron chi connectivity index (χ2n) is 11.8. The monoisotopic (exact) mass is 728 g/mol. The second-order valence-corrected chi connectivity index (χ2v) is 12.4. The van der Waals surface area contributed by atoms with Crippen LogP contribution < -0.4 is 5.01 Å². The zero-order chi connectivity index (χ0) is 39.0.